The standard InChI is InChI=1S/C31H44N4O3.C21H27N3O/c1-6-14-35-27-8-7-23(29(36)32-15-9-22(2)10-16-32)20-25(27)26-21-34(19-13-28(26)35)24-11-17-33(18-12-24)30(37)38-31(3,4)5;1-3-10-24-19-5-4-16(21(25)23-11-7-15(2)8-12-23)13-17(19)18-14-22-9-6-20(18)24/h6-8,20,22,24H,1,9-19,21H2,2-5H3;3-5,13,15,22H,1,6-12,14H2,2H3. The van der Waals surface area contributed by atoms with Crippen LogP contribution in [0.15, 0.2) is 61.7 Å². The van der Waals surface area contributed by atoms with E-state index in [2.05, 4.69) is 70.6 Å². The molecule has 0 spiro atoms. The van der Waals surface area contributed by atoms with Gasteiger partial charge in [-0.2, -0.15) is 0 Å². The monoisotopic (exact) mass is 858 g/mol. The quantitative estimate of drug-likeness (QED) is 0.187. The Morgan fingerprint density at radius 1 is 0.683 bits per heavy atom. The van der Waals surface area contributed by atoms with E-state index in [1.54, 1.807) is 0 Å². The first-order valence-electron chi connectivity index (χ1n) is 23.8. The normalized spacial score (nSPS) is 19.3. The molecule has 3 saturated heterocycles. The number of hydrogen-bond acceptors (Lipinski definition) is 6. The van der Waals surface area contributed by atoms with Gasteiger partial charge in [0.1, 0.15) is 5.60 Å². The van der Waals surface area contributed by atoms with Crippen LogP contribution in [0.25, 0.3) is 21.8 Å². The van der Waals surface area contributed by atoms with Crippen molar-refractivity contribution >= 4 is 39.7 Å². The summed E-state index contributed by atoms with van der Waals surface area (Å²) in [7, 11) is 0. The molecule has 5 aliphatic rings. The first-order chi connectivity index (χ1) is 30.3. The summed E-state index contributed by atoms with van der Waals surface area (Å²) >= 11 is 0. The molecule has 2 aromatic heterocycles. The molecule has 0 saturated carbocycles. The third-order valence-electron chi connectivity index (χ3n) is 14.3. The number of aromatic nitrogens is 2. The fourth-order valence-corrected chi connectivity index (χ4v) is 10.6. The number of carbonyl (C=O) groups excluding carboxylic acids is 3. The third-order valence-corrected chi connectivity index (χ3v) is 14.3. The Bertz CT molecular complexity index is 2330. The minimum atomic E-state index is -0.469. The second-order valence-corrected chi connectivity index (χ2v) is 19.9. The van der Waals surface area contributed by atoms with Gasteiger partial charge in [0.25, 0.3) is 11.8 Å². The number of nitrogens with zero attached hydrogens (tertiary/aromatic N) is 6. The molecule has 4 aromatic rings. The summed E-state index contributed by atoms with van der Waals surface area (Å²) < 4.78 is 10.3. The summed E-state index contributed by atoms with van der Waals surface area (Å²) in [5, 5.41) is 5.90. The number of nitrogens with one attached hydrogen (secondary N) is 1. The van der Waals surface area contributed by atoms with Gasteiger partial charge >= 0.3 is 6.09 Å². The van der Waals surface area contributed by atoms with E-state index in [9.17, 15) is 14.4 Å². The maximum Gasteiger partial charge on any atom is 0.410 e. The molecule has 3 fully saturated rings. The van der Waals surface area contributed by atoms with Crippen LogP contribution < -0.4 is 5.32 Å². The number of amides is 3. The van der Waals surface area contributed by atoms with Crippen molar-refractivity contribution in [2.24, 2.45) is 11.8 Å². The zero-order valence-corrected chi connectivity index (χ0v) is 38.7. The van der Waals surface area contributed by atoms with Gasteiger partial charge in [0.05, 0.1) is 0 Å². The number of fused-ring (bicyclic) bond motifs is 6. The highest BCUT2D eigenvalue weighted by Crippen LogP contribution is 2.35. The number of rotatable bonds is 7. The van der Waals surface area contributed by atoms with Gasteiger partial charge in [-0.3, -0.25) is 14.5 Å². The van der Waals surface area contributed by atoms with E-state index in [1.165, 1.54) is 44.3 Å². The topological polar surface area (TPSA) is 95.3 Å². The lowest BCUT2D eigenvalue weighted by Crippen LogP contribution is -2.49. The molecule has 1 N–H and O–H groups in total. The average molecular weight is 858 g/mol. The van der Waals surface area contributed by atoms with Gasteiger partial charge in [0, 0.05) is 142 Å². The lowest BCUT2D eigenvalue weighted by Gasteiger charge is -2.40. The van der Waals surface area contributed by atoms with Crippen LogP contribution in [0.3, 0.4) is 0 Å². The number of carbonyl (C=O) groups is 3. The zero-order valence-electron chi connectivity index (χ0n) is 38.7. The zero-order chi connectivity index (χ0) is 44.4. The van der Waals surface area contributed by atoms with Crippen LogP contribution in [0.2, 0.25) is 0 Å². The molecule has 9 rings (SSSR count). The summed E-state index contributed by atoms with van der Waals surface area (Å²) in [4.78, 5) is 47.4. The van der Waals surface area contributed by atoms with E-state index in [0.717, 1.165) is 147 Å². The fourth-order valence-electron chi connectivity index (χ4n) is 10.6. The van der Waals surface area contributed by atoms with E-state index >= 15 is 0 Å². The molecule has 7 heterocycles. The van der Waals surface area contributed by atoms with Gasteiger partial charge in [0.2, 0.25) is 0 Å². The van der Waals surface area contributed by atoms with Crippen molar-refractivity contribution in [1.29, 1.82) is 0 Å². The maximum absolute atomic E-state index is 13.4. The Kier molecular flexibility index (Phi) is 13.5. The van der Waals surface area contributed by atoms with Crippen LogP contribution >= 0.6 is 0 Å². The van der Waals surface area contributed by atoms with Crippen LogP contribution in [0.5, 0.6) is 0 Å². The van der Waals surface area contributed by atoms with Crippen LogP contribution in [0.4, 0.5) is 4.79 Å². The van der Waals surface area contributed by atoms with Crippen molar-refractivity contribution in [3.63, 3.8) is 0 Å². The number of benzene rings is 2. The summed E-state index contributed by atoms with van der Waals surface area (Å²) in [5.74, 6) is 1.77. The molecule has 5 aliphatic heterocycles. The molecule has 2 aromatic carbocycles. The van der Waals surface area contributed by atoms with Gasteiger partial charge in [-0.15, -0.1) is 13.2 Å². The Hall–Kier alpha value is -4.87. The first kappa shape index (κ1) is 44.7. The Balaban J connectivity index is 0.000000188. The van der Waals surface area contributed by atoms with Gasteiger partial charge in [0.15, 0.2) is 0 Å². The highest BCUT2D eigenvalue weighted by molar-refractivity contribution is 6.00. The SMILES string of the molecule is C=CCn1c2c(c3cc(C(=O)N4CCC(C)CC4)ccc31)CN(C1CCN(C(=O)OC(C)(C)C)CC1)CC2.C=CCn1c2c(c3cc(C(=O)N4CCC(C)CC4)ccc31)CNCC2. The van der Waals surface area contributed by atoms with E-state index in [0.29, 0.717) is 12.0 Å². The van der Waals surface area contributed by atoms with E-state index in [4.69, 9.17) is 4.74 Å². The second kappa shape index (κ2) is 19.1. The fraction of sp³-hybridized carbons (Fsp3) is 0.558. The molecule has 0 radical (unpaired) electrons. The molecule has 3 amide bonds. The first-order valence-corrected chi connectivity index (χ1v) is 23.8. The van der Waals surface area contributed by atoms with Gasteiger partial charge < -0.3 is 33.9 Å². The van der Waals surface area contributed by atoms with Crippen LogP contribution in [-0.4, -0.2) is 111 Å². The summed E-state index contributed by atoms with van der Waals surface area (Å²) in [6.07, 6.45) is 12.0. The van der Waals surface area contributed by atoms with Gasteiger partial charge in [-0.05, 0) is 119 Å². The lowest BCUT2D eigenvalue weighted by molar-refractivity contribution is 0.0133. The number of piperidine rings is 3. The molecule has 0 bridgehead atoms. The lowest BCUT2D eigenvalue weighted by atomic mass is 9.96. The van der Waals surface area contributed by atoms with E-state index in [-0.39, 0.29) is 17.9 Å². The average Bonchev–Trinajstić information content (AvgIpc) is 3.77. The van der Waals surface area contributed by atoms with Crippen molar-refractivity contribution in [3.05, 3.63) is 95.3 Å². The van der Waals surface area contributed by atoms with Crippen molar-refractivity contribution < 1.29 is 19.1 Å². The summed E-state index contributed by atoms with van der Waals surface area (Å²) in [6, 6.07) is 13.0. The molecule has 0 atom stereocenters. The van der Waals surface area contributed by atoms with Gasteiger partial charge in [-0.1, -0.05) is 26.0 Å². The molecule has 11 heteroatoms. The highest BCUT2D eigenvalue weighted by Gasteiger charge is 2.33. The largest absolute Gasteiger partial charge is 0.444 e. The predicted molar refractivity (Wildman–Crippen MR) is 253 cm³/mol. The predicted octanol–water partition coefficient (Wildman–Crippen LogP) is 8.80. The van der Waals surface area contributed by atoms with E-state index in [1.807, 2.05) is 59.8 Å². The molecule has 63 heavy (non-hydrogen) atoms. The van der Waals surface area contributed by atoms with Crippen molar-refractivity contribution in [3.8, 4) is 0 Å². The summed E-state index contributed by atoms with van der Waals surface area (Å²) in [6.45, 7) is 28.5. The van der Waals surface area contributed by atoms with E-state index < -0.39 is 5.60 Å². The Labute approximate surface area is 375 Å². The highest BCUT2D eigenvalue weighted by atomic mass is 16.6. The minimum absolute atomic E-state index is 0.159. The molecule has 11 nitrogen and oxygen atoms in total. The van der Waals surface area contributed by atoms with Crippen LogP contribution in [0, 0.1) is 11.8 Å². The molecule has 0 unspecified atom stereocenters. The number of likely N-dealkylation sites (tertiary alicyclic amines) is 3. The maximum atomic E-state index is 13.4. The molecule has 338 valence electrons. The Morgan fingerprint density at radius 3 is 1.68 bits per heavy atom. The molecular formula is C52H71N7O4. The molecule has 0 aliphatic carbocycles. The Morgan fingerprint density at radius 2 is 1.17 bits per heavy atom. The summed E-state index contributed by atoms with van der Waals surface area (Å²) in [5.41, 5.74) is 9.04. The minimum Gasteiger partial charge on any atom is -0.444 e. The van der Waals surface area contributed by atoms with Crippen molar-refractivity contribution in [2.75, 3.05) is 52.4 Å². The van der Waals surface area contributed by atoms with Crippen LogP contribution in [-0.2, 0) is 43.8 Å². The third kappa shape index (κ3) is 9.65. The van der Waals surface area contributed by atoms with Crippen molar-refractivity contribution in [1.82, 2.24) is 34.1 Å². The number of ether oxygens (including phenoxy) is 1. The van der Waals surface area contributed by atoms with Crippen molar-refractivity contribution in [2.45, 2.75) is 124 Å². The number of allylic oxidation sites excluding steroid dienone is 2. The molecular weight excluding hydrogens is 787 g/mol. The second-order valence-electron chi connectivity index (χ2n) is 19.9. The van der Waals surface area contributed by atoms with Gasteiger partial charge in [-0.25, -0.2) is 4.79 Å². The smallest absolute Gasteiger partial charge is 0.410 e. The number of hydrogen-bond donors (Lipinski definition) is 1. The van der Waals surface area contributed by atoms with Crippen LogP contribution in [0.1, 0.15) is 116 Å².